The molecule has 16 heavy (non-hydrogen) atoms. The minimum Gasteiger partial charge on any atom is -0.392 e. The Balaban J connectivity index is 1.96. The summed E-state index contributed by atoms with van der Waals surface area (Å²) in [5.41, 5.74) is 0. The molecular formula is C11H18N2O3. The Morgan fingerprint density at radius 3 is 2.94 bits per heavy atom. The molecule has 2 heterocycles. The largest absolute Gasteiger partial charge is 0.392 e. The fourth-order valence-electron chi connectivity index (χ4n) is 1.68. The molecule has 90 valence electrons. The summed E-state index contributed by atoms with van der Waals surface area (Å²) in [4.78, 5) is 4.25. The molecule has 5 heteroatoms. The maximum absolute atomic E-state index is 9.70. The van der Waals surface area contributed by atoms with Crippen LogP contribution in [0.3, 0.4) is 0 Å². The average Bonchev–Trinajstić information content (AvgIpc) is 2.85. The number of aliphatic hydroxyl groups excluding tert-OH is 1. The van der Waals surface area contributed by atoms with Gasteiger partial charge in [-0.25, -0.2) is 0 Å². The Morgan fingerprint density at radius 1 is 1.50 bits per heavy atom. The Morgan fingerprint density at radius 2 is 2.31 bits per heavy atom. The SMILES string of the molecule is CC(C)[C@H](O)Cc1nc([C@@H]2CCCO2)no1. The molecule has 0 amide bonds. The summed E-state index contributed by atoms with van der Waals surface area (Å²) in [6.45, 7) is 4.69. The van der Waals surface area contributed by atoms with Gasteiger partial charge in [-0.3, -0.25) is 0 Å². The first-order chi connectivity index (χ1) is 7.66. The maximum atomic E-state index is 9.70. The van der Waals surface area contributed by atoms with E-state index in [1.165, 1.54) is 0 Å². The first-order valence-corrected chi connectivity index (χ1v) is 5.79. The van der Waals surface area contributed by atoms with E-state index in [9.17, 15) is 5.11 Å². The van der Waals surface area contributed by atoms with Gasteiger partial charge in [0.2, 0.25) is 11.7 Å². The Labute approximate surface area is 94.8 Å². The third-order valence-corrected chi connectivity index (χ3v) is 2.85. The highest BCUT2D eigenvalue weighted by Crippen LogP contribution is 2.26. The molecule has 0 aliphatic carbocycles. The van der Waals surface area contributed by atoms with Crippen LogP contribution in [0.2, 0.25) is 0 Å². The highest BCUT2D eigenvalue weighted by atomic mass is 16.5. The predicted octanol–water partition coefficient (Wildman–Crippen LogP) is 1.48. The molecule has 1 fully saturated rings. The molecule has 1 N–H and O–H groups in total. The van der Waals surface area contributed by atoms with Crippen molar-refractivity contribution in [3.8, 4) is 0 Å². The van der Waals surface area contributed by atoms with Crippen LogP contribution in [0.1, 0.15) is 44.5 Å². The summed E-state index contributed by atoms with van der Waals surface area (Å²) in [5, 5.41) is 13.6. The molecule has 0 saturated carbocycles. The van der Waals surface area contributed by atoms with E-state index in [0.717, 1.165) is 19.4 Å². The van der Waals surface area contributed by atoms with Gasteiger partial charge in [-0.1, -0.05) is 19.0 Å². The number of aromatic nitrogens is 2. The van der Waals surface area contributed by atoms with Crippen molar-refractivity contribution in [1.29, 1.82) is 0 Å². The van der Waals surface area contributed by atoms with Gasteiger partial charge in [-0.15, -0.1) is 0 Å². The standard InChI is InChI=1S/C11H18N2O3/c1-7(2)8(14)6-10-12-11(13-16-10)9-4-3-5-15-9/h7-9,14H,3-6H2,1-2H3/t8-,9+/m1/s1. The van der Waals surface area contributed by atoms with Crippen molar-refractivity contribution in [3.05, 3.63) is 11.7 Å². The number of hydrogen-bond donors (Lipinski definition) is 1. The molecular weight excluding hydrogens is 208 g/mol. The lowest BCUT2D eigenvalue weighted by Crippen LogP contribution is -2.17. The van der Waals surface area contributed by atoms with E-state index >= 15 is 0 Å². The molecule has 1 saturated heterocycles. The van der Waals surface area contributed by atoms with Gasteiger partial charge in [0.05, 0.1) is 12.5 Å². The van der Waals surface area contributed by atoms with Gasteiger partial charge < -0.3 is 14.4 Å². The van der Waals surface area contributed by atoms with E-state index in [2.05, 4.69) is 10.1 Å². The lowest BCUT2D eigenvalue weighted by Gasteiger charge is -2.10. The molecule has 1 aliphatic rings. The molecule has 0 spiro atoms. The molecule has 0 aromatic carbocycles. The Hall–Kier alpha value is -0.940. The van der Waals surface area contributed by atoms with Crippen molar-refractivity contribution in [2.45, 2.75) is 45.3 Å². The lowest BCUT2D eigenvalue weighted by atomic mass is 10.0. The van der Waals surface area contributed by atoms with Gasteiger partial charge in [0.25, 0.3) is 0 Å². The van der Waals surface area contributed by atoms with Crippen molar-refractivity contribution >= 4 is 0 Å². The van der Waals surface area contributed by atoms with Crippen LogP contribution in [0.5, 0.6) is 0 Å². The molecule has 2 atom stereocenters. The van der Waals surface area contributed by atoms with Gasteiger partial charge in [0.15, 0.2) is 0 Å². The second kappa shape index (κ2) is 4.93. The molecule has 5 nitrogen and oxygen atoms in total. The summed E-state index contributed by atoms with van der Waals surface area (Å²) in [7, 11) is 0. The van der Waals surface area contributed by atoms with Crippen LogP contribution < -0.4 is 0 Å². The van der Waals surface area contributed by atoms with Gasteiger partial charge in [-0.2, -0.15) is 4.98 Å². The molecule has 0 bridgehead atoms. The highest BCUT2D eigenvalue weighted by Gasteiger charge is 2.24. The van der Waals surface area contributed by atoms with Crippen LogP contribution >= 0.6 is 0 Å². The lowest BCUT2D eigenvalue weighted by molar-refractivity contribution is 0.102. The molecule has 1 aromatic rings. The fourth-order valence-corrected chi connectivity index (χ4v) is 1.68. The molecule has 0 radical (unpaired) electrons. The van der Waals surface area contributed by atoms with E-state index in [0.29, 0.717) is 18.1 Å². The number of aliphatic hydroxyl groups is 1. The molecule has 1 aromatic heterocycles. The Bertz CT molecular complexity index is 332. The zero-order chi connectivity index (χ0) is 11.5. The number of rotatable bonds is 4. The normalized spacial score (nSPS) is 22.9. The summed E-state index contributed by atoms with van der Waals surface area (Å²) >= 11 is 0. The van der Waals surface area contributed by atoms with Crippen LogP contribution in [-0.4, -0.2) is 28.0 Å². The van der Waals surface area contributed by atoms with Gasteiger partial charge >= 0.3 is 0 Å². The van der Waals surface area contributed by atoms with Gasteiger partial charge in [0.1, 0.15) is 6.10 Å². The number of hydrogen-bond acceptors (Lipinski definition) is 5. The van der Waals surface area contributed by atoms with Gasteiger partial charge in [0, 0.05) is 6.61 Å². The first kappa shape index (κ1) is 11.5. The van der Waals surface area contributed by atoms with E-state index in [4.69, 9.17) is 9.26 Å². The van der Waals surface area contributed by atoms with E-state index in [-0.39, 0.29) is 12.0 Å². The topological polar surface area (TPSA) is 68.4 Å². The Kier molecular flexibility index (Phi) is 3.56. The smallest absolute Gasteiger partial charge is 0.229 e. The van der Waals surface area contributed by atoms with Crippen LogP contribution in [0, 0.1) is 5.92 Å². The number of nitrogens with zero attached hydrogens (tertiary/aromatic N) is 2. The van der Waals surface area contributed by atoms with Crippen LogP contribution in [0.15, 0.2) is 4.52 Å². The van der Waals surface area contributed by atoms with Crippen LogP contribution in [0.4, 0.5) is 0 Å². The van der Waals surface area contributed by atoms with Crippen molar-refractivity contribution in [2.24, 2.45) is 5.92 Å². The van der Waals surface area contributed by atoms with E-state index in [1.807, 2.05) is 13.8 Å². The summed E-state index contributed by atoms with van der Waals surface area (Å²) in [6, 6.07) is 0. The quantitative estimate of drug-likeness (QED) is 0.842. The minimum atomic E-state index is -0.433. The maximum Gasteiger partial charge on any atom is 0.229 e. The van der Waals surface area contributed by atoms with E-state index in [1.54, 1.807) is 0 Å². The van der Waals surface area contributed by atoms with Gasteiger partial charge in [-0.05, 0) is 18.8 Å². The van der Waals surface area contributed by atoms with Crippen molar-refractivity contribution < 1.29 is 14.4 Å². The zero-order valence-corrected chi connectivity index (χ0v) is 9.72. The first-order valence-electron chi connectivity index (χ1n) is 5.79. The highest BCUT2D eigenvalue weighted by molar-refractivity contribution is 4.94. The predicted molar refractivity (Wildman–Crippen MR) is 56.8 cm³/mol. The van der Waals surface area contributed by atoms with Crippen LogP contribution in [0.25, 0.3) is 0 Å². The molecule has 0 unspecified atom stereocenters. The van der Waals surface area contributed by atoms with Crippen LogP contribution in [-0.2, 0) is 11.2 Å². The fraction of sp³-hybridized carbons (Fsp3) is 0.818. The average molecular weight is 226 g/mol. The second-order valence-corrected chi connectivity index (χ2v) is 4.56. The summed E-state index contributed by atoms with van der Waals surface area (Å²) < 4.78 is 10.6. The summed E-state index contributed by atoms with van der Waals surface area (Å²) in [5.74, 6) is 1.30. The van der Waals surface area contributed by atoms with Crippen molar-refractivity contribution in [1.82, 2.24) is 10.1 Å². The summed E-state index contributed by atoms with van der Waals surface area (Å²) in [6.07, 6.45) is 1.96. The van der Waals surface area contributed by atoms with E-state index < -0.39 is 6.10 Å². The minimum absolute atomic E-state index is 0.0197. The van der Waals surface area contributed by atoms with Crippen molar-refractivity contribution in [2.75, 3.05) is 6.61 Å². The second-order valence-electron chi connectivity index (χ2n) is 4.56. The van der Waals surface area contributed by atoms with Crippen molar-refractivity contribution in [3.63, 3.8) is 0 Å². The third-order valence-electron chi connectivity index (χ3n) is 2.85. The zero-order valence-electron chi connectivity index (χ0n) is 9.72. The molecule has 1 aliphatic heterocycles. The third kappa shape index (κ3) is 2.59. The molecule has 2 rings (SSSR count). The monoisotopic (exact) mass is 226 g/mol. The number of ether oxygens (including phenoxy) is 1.